The van der Waals surface area contributed by atoms with E-state index in [0.717, 1.165) is 16.6 Å². The lowest BCUT2D eigenvalue weighted by Crippen LogP contribution is -2.03. The summed E-state index contributed by atoms with van der Waals surface area (Å²) in [6, 6.07) is 9.57. The van der Waals surface area contributed by atoms with Gasteiger partial charge in [-0.1, -0.05) is 18.2 Å². The van der Waals surface area contributed by atoms with Crippen LogP contribution < -0.4 is 0 Å². The zero-order chi connectivity index (χ0) is 13.4. The molecule has 0 fully saturated rings. The van der Waals surface area contributed by atoms with E-state index in [4.69, 9.17) is 5.11 Å². The first-order valence-corrected chi connectivity index (χ1v) is 5.80. The minimum absolute atomic E-state index is 0.202. The molecular formula is C14H11N3O2. The number of hydrogen-bond acceptors (Lipinski definition) is 3. The molecule has 0 atom stereocenters. The van der Waals surface area contributed by atoms with Crippen molar-refractivity contribution in [2.24, 2.45) is 0 Å². The van der Waals surface area contributed by atoms with Crippen LogP contribution in [0.1, 0.15) is 16.1 Å². The average molecular weight is 253 g/mol. The van der Waals surface area contributed by atoms with Gasteiger partial charge in [-0.05, 0) is 19.1 Å². The first kappa shape index (κ1) is 11.4. The van der Waals surface area contributed by atoms with E-state index in [9.17, 15) is 4.79 Å². The Balaban J connectivity index is 2.28. The van der Waals surface area contributed by atoms with Crippen molar-refractivity contribution in [2.75, 3.05) is 0 Å². The molecule has 0 radical (unpaired) electrons. The summed E-state index contributed by atoms with van der Waals surface area (Å²) >= 11 is 0. The molecule has 0 spiro atoms. The van der Waals surface area contributed by atoms with Gasteiger partial charge >= 0.3 is 5.97 Å². The molecule has 5 heteroatoms. The normalized spacial score (nSPS) is 10.8. The molecule has 0 bridgehead atoms. The lowest BCUT2D eigenvalue weighted by Gasteiger charge is -2.07. The van der Waals surface area contributed by atoms with Crippen molar-refractivity contribution >= 4 is 16.9 Å². The summed E-state index contributed by atoms with van der Waals surface area (Å²) in [5, 5.41) is 14.2. The standard InChI is InChI=1S/C14H11N3O2/c1-9-11(14(18)19)8-16-17(9)12-6-2-4-10-5-3-7-15-13(10)12/h2-8H,1H3,(H,18,19). The number of carboxylic acid groups (broad SMARTS) is 1. The number of carboxylic acids is 1. The maximum absolute atomic E-state index is 11.1. The maximum Gasteiger partial charge on any atom is 0.339 e. The lowest BCUT2D eigenvalue weighted by molar-refractivity contribution is 0.0696. The summed E-state index contributed by atoms with van der Waals surface area (Å²) in [7, 11) is 0. The molecule has 19 heavy (non-hydrogen) atoms. The third-order valence-corrected chi connectivity index (χ3v) is 3.08. The molecule has 0 unspecified atom stereocenters. The Bertz CT molecular complexity index is 772. The summed E-state index contributed by atoms with van der Waals surface area (Å²) in [6.45, 7) is 1.73. The highest BCUT2D eigenvalue weighted by atomic mass is 16.4. The fourth-order valence-electron chi connectivity index (χ4n) is 2.12. The number of benzene rings is 1. The third-order valence-electron chi connectivity index (χ3n) is 3.08. The van der Waals surface area contributed by atoms with Gasteiger partial charge in [0.2, 0.25) is 0 Å². The first-order valence-electron chi connectivity index (χ1n) is 5.80. The molecule has 2 heterocycles. The minimum atomic E-state index is -0.975. The molecule has 0 aliphatic carbocycles. The van der Waals surface area contributed by atoms with Crippen molar-refractivity contribution in [3.63, 3.8) is 0 Å². The number of fused-ring (bicyclic) bond motifs is 1. The topological polar surface area (TPSA) is 68.0 Å². The molecule has 1 N–H and O–H groups in total. The molecule has 0 amide bonds. The Morgan fingerprint density at radius 2 is 2.05 bits per heavy atom. The zero-order valence-corrected chi connectivity index (χ0v) is 10.2. The van der Waals surface area contributed by atoms with Gasteiger partial charge in [-0.25, -0.2) is 9.48 Å². The van der Waals surface area contributed by atoms with Gasteiger partial charge in [-0.3, -0.25) is 4.98 Å². The molecule has 1 aromatic carbocycles. The Morgan fingerprint density at radius 3 is 2.79 bits per heavy atom. The Hall–Kier alpha value is -2.69. The Morgan fingerprint density at radius 1 is 1.26 bits per heavy atom. The molecule has 3 rings (SSSR count). The zero-order valence-electron chi connectivity index (χ0n) is 10.2. The van der Waals surface area contributed by atoms with E-state index >= 15 is 0 Å². The first-order chi connectivity index (χ1) is 9.18. The van der Waals surface area contributed by atoms with Crippen LogP contribution in [0.4, 0.5) is 0 Å². The quantitative estimate of drug-likeness (QED) is 0.761. The molecule has 0 aliphatic rings. The van der Waals surface area contributed by atoms with E-state index in [1.807, 2.05) is 30.3 Å². The highest BCUT2D eigenvalue weighted by molar-refractivity contribution is 5.90. The number of hydrogen-bond donors (Lipinski definition) is 1. The summed E-state index contributed by atoms with van der Waals surface area (Å²) in [5.41, 5.74) is 2.37. The van der Waals surface area contributed by atoms with Crippen LogP contribution in [0.5, 0.6) is 0 Å². The second kappa shape index (κ2) is 4.20. The molecule has 0 aliphatic heterocycles. The van der Waals surface area contributed by atoms with E-state index in [2.05, 4.69) is 10.1 Å². The smallest absolute Gasteiger partial charge is 0.339 e. The van der Waals surface area contributed by atoms with Crippen LogP contribution in [-0.4, -0.2) is 25.8 Å². The van der Waals surface area contributed by atoms with Gasteiger partial charge in [0.1, 0.15) is 5.56 Å². The maximum atomic E-state index is 11.1. The van der Waals surface area contributed by atoms with E-state index in [1.54, 1.807) is 17.8 Å². The highest BCUT2D eigenvalue weighted by Gasteiger charge is 2.15. The predicted octanol–water partition coefficient (Wildman–Crippen LogP) is 2.43. The fraction of sp³-hybridized carbons (Fsp3) is 0.0714. The number of pyridine rings is 1. The van der Waals surface area contributed by atoms with Crippen molar-refractivity contribution in [3.05, 3.63) is 54.0 Å². The van der Waals surface area contributed by atoms with Gasteiger partial charge in [-0.2, -0.15) is 5.10 Å². The number of carbonyl (C=O) groups is 1. The minimum Gasteiger partial charge on any atom is -0.478 e. The van der Waals surface area contributed by atoms with Crippen LogP contribution in [-0.2, 0) is 0 Å². The van der Waals surface area contributed by atoms with Crippen molar-refractivity contribution in [1.82, 2.24) is 14.8 Å². The van der Waals surface area contributed by atoms with E-state index in [0.29, 0.717) is 5.69 Å². The molecular weight excluding hydrogens is 242 g/mol. The number of nitrogens with zero attached hydrogens (tertiary/aromatic N) is 3. The number of rotatable bonds is 2. The van der Waals surface area contributed by atoms with E-state index in [1.165, 1.54) is 6.20 Å². The van der Waals surface area contributed by atoms with E-state index in [-0.39, 0.29) is 5.56 Å². The van der Waals surface area contributed by atoms with Gasteiger partial charge in [0.25, 0.3) is 0 Å². The SMILES string of the molecule is Cc1c(C(=O)O)cnn1-c1cccc2cccnc12. The molecule has 94 valence electrons. The summed E-state index contributed by atoms with van der Waals surface area (Å²) in [4.78, 5) is 15.4. The van der Waals surface area contributed by atoms with Crippen molar-refractivity contribution < 1.29 is 9.90 Å². The monoisotopic (exact) mass is 253 g/mol. The van der Waals surface area contributed by atoms with Gasteiger partial charge < -0.3 is 5.11 Å². The van der Waals surface area contributed by atoms with Crippen LogP contribution in [0, 0.1) is 6.92 Å². The lowest BCUT2D eigenvalue weighted by atomic mass is 10.2. The second-order valence-corrected chi connectivity index (χ2v) is 4.21. The Labute approximate surface area is 109 Å². The van der Waals surface area contributed by atoms with Gasteiger partial charge in [0, 0.05) is 11.6 Å². The van der Waals surface area contributed by atoms with Crippen molar-refractivity contribution in [3.8, 4) is 5.69 Å². The van der Waals surface area contributed by atoms with Gasteiger partial charge in [0.15, 0.2) is 0 Å². The molecule has 2 aromatic heterocycles. The second-order valence-electron chi connectivity index (χ2n) is 4.21. The summed E-state index contributed by atoms with van der Waals surface area (Å²) in [5.74, 6) is -0.975. The van der Waals surface area contributed by atoms with Crippen LogP contribution in [0.2, 0.25) is 0 Å². The van der Waals surface area contributed by atoms with Crippen molar-refractivity contribution in [2.45, 2.75) is 6.92 Å². The van der Waals surface area contributed by atoms with Gasteiger partial charge in [-0.15, -0.1) is 0 Å². The summed E-state index contributed by atoms with van der Waals surface area (Å²) in [6.07, 6.45) is 3.07. The Kier molecular flexibility index (Phi) is 2.52. The third kappa shape index (κ3) is 1.76. The van der Waals surface area contributed by atoms with E-state index < -0.39 is 5.97 Å². The summed E-state index contributed by atoms with van der Waals surface area (Å²) < 4.78 is 1.61. The van der Waals surface area contributed by atoms with Crippen LogP contribution in [0.15, 0.2) is 42.7 Å². The molecule has 0 saturated heterocycles. The average Bonchev–Trinajstić information content (AvgIpc) is 2.80. The highest BCUT2D eigenvalue weighted by Crippen LogP contribution is 2.21. The predicted molar refractivity (Wildman–Crippen MR) is 70.6 cm³/mol. The molecule has 5 nitrogen and oxygen atoms in total. The van der Waals surface area contributed by atoms with Crippen LogP contribution in [0.25, 0.3) is 16.6 Å². The molecule has 3 aromatic rings. The number of aromatic carboxylic acids is 1. The largest absolute Gasteiger partial charge is 0.478 e. The molecule has 0 saturated carbocycles. The van der Waals surface area contributed by atoms with Crippen molar-refractivity contribution in [1.29, 1.82) is 0 Å². The number of para-hydroxylation sites is 1. The van der Waals surface area contributed by atoms with Crippen LogP contribution in [0.3, 0.4) is 0 Å². The fourth-order valence-corrected chi connectivity index (χ4v) is 2.12. The van der Waals surface area contributed by atoms with Crippen LogP contribution >= 0.6 is 0 Å². The van der Waals surface area contributed by atoms with Gasteiger partial charge in [0.05, 0.1) is 23.1 Å². The number of aromatic nitrogens is 3.